The zero-order chi connectivity index (χ0) is 8.94. The lowest BCUT2D eigenvalue weighted by Crippen LogP contribution is -2.51. The Morgan fingerprint density at radius 2 is 2.25 bits per heavy atom. The van der Waals surface area contributed by atoms with Crippen LogP contribution in [0.4, 0.5) is 0 Å². The molecule has 4 unspecified atom stereocenters. The van der Waals surface area contributed by atoms with Gasteiger partial charge in [-0.3, -0.25) is 4.52 Å². The average Bonchev–Trinajstić information content (AvgIpc) is 2.62. The van der Waals surface area contributed by atoms with E-state index in [0.717, 1.165) is 0 Å². The van der Waals surface area contributed by atoms with Gasteiger partial charge in [-0.05, 0) is 0 Å². The van der Waals surface area contributed by atoms with Crippen LogP contribution in [0.1, 0.15) is 0 Å². The molecule has 3 heterocycles. The van der Waals surface area contributed by atoms with Crippen LogP contribution in [0.15, 0.2) is 0 Å². The second kappa shape index (κ2) is 1.33. The van der Waals surface area contributed by atoms with E-state index in [1.54, 1.807) is 0 Å². The summed E-state index contributed by atoms with van der Waals surface area (Å²) in [4.78, 5) is 21.8. The minimum absolute atomic E-state index is 0.0490. The van der Waals surface area contributed by atoms with Gasteiger partial charge in [0.05, 0.1) is 0 Å². The summed E-state index contributed by atoms with van der Waals surface area (Å²) >= 11 is 0. The van der Waals surface area contributed by atoms with E-state index in [4.69, 9.17) is 5.73 Å². The van der Waals surface area contributed by atoms with Gasteiger partial charge < -0.3 is 20.3 Å². The predicted molar refractivity (Wildman–Crippen MR) is 37.5 cm³/mol. The van der Waals surface area contributed by atoms with Gasteiger partial charge in [0.1, 0.15) is 0 Å². The quantitative estimate of drug-likeness (QED) is 0.447. The number of rotatable bonds is 0. The number of nitrogens with two attached hydrogens (primary N) is 1. The Morgan fingerprint density at radius 3 is 2.67 bits per heavy atom. The standard InChI is InChI=1S/C4H3NO5P2/c5-3-1(6)10-11(8)2-4(3,7)12(2,3)9/h7H,5H2. The summed E-state index contributed by atoms with van der Waals surface area (Å²) in [6.45, 7) is 0. The molecule has 0 spiro atoms. The fraction of sp³-hybridized carbons (Fsp3) is 0.500. The summed E-state index contributed by atoms with van der Waals surface area (Å²) in [5.41, 5.74) is 5.32. The van der Waals surface area contributed by atoms with Crippen molar-refractivity contribution in [1.82, 2.24) is 0 Å². The van der Waals surface area contributed by atoms with E-state index in [2.05, 4.69) is 4.52 Å². The molecule has 6 nitrogen and oxygen atoms in total. The lowest BCUT2D eigenvalue weighted by molar-refractivity contribution is -0.179. The zero-order valence-electron chi connectivity index (χ0n) is 5.55. The Labute approximate surface area is 67.2 Å². The molecule has 0 saturated carbocycles. The summed E-state index contributed by atoms with van der Waals surface area (Å²) in [6, 6.07) is 0. The van der Waals surface area contributed by atoms with Crippen LogP contribution in [0.3, 0.4) is 0 Å². The SMILES string of the molecule is NC12C(=O)O[P+]([O-])=C3C1(O)P32=O. The second-order valence-corrected chi connectivity index (χ2v) is 7.52. The van der Waals surface area contributed by atoms with Crippen molar-refractivity contribution in [2.24, 2.45) is 5.73 Å². The summed E-state index contributed by atoms with van der Waals surface area (Å²) < 4.78 is 15.8. The predicted octanol–water partition coefficient (Wildman–Crippen LogP) is -1.92. The van der Waals surface area contributed by atoms with Crippen molar-refractivity contribution >= 4 is 26.1 Å². The molecule has 3 aliphatic rings. The van der Waals surface area contributed by atoms with Crippen LogP contribution >= 0.6 is 15.1 Å². The lowest BCUT2D eigenvalue weighted by Gasteiger charge is -2.17. The maximum atomic E-state index is 11.5. The highest BCUT2D eigenvalue weighted by Crippen LogP contribution is 3.06. The molecule has 0 aromatic heterocycles. The van der Waals surface area contributed by atoms with Gasteiger partial charge in [-0.25, -0.2) is 4.79 Å². The van der Waals surface area contributed by atoms with Gasteiger partial charge in [0.2, 0.25) is 22.8 Å². The Hall–Kier alpha value is -0.250. The van der Waals surface area contributed by atoms with Gasteiger partial charge >= 0.3 is 5.97 Å². The number of hydrogen-bond acceptors (Lipinski definition) is 6. The normalized spacial score (nSPS) is 62.4. The Balaban J connectivity index is 2.35. The summed E-state index contributed by atoms with van der Waals surface area (Å²) in [6.07, 6.45) is 0. The molecule has 3 N–H and O–H groups in total. The summed E-state index contributed by atoms with van der Waals surface area (Å²) in [5.74, 6) is -1.01. The van der Waals surface area contributed by atoms with E-state index < -0.39 is 31.7 Å². The first-order valence-corrected chi connectivity index (χ1v) is 6.00. The van der Waals surface area contributed by atoms with Crippen LogP contribution in [0.5, 0.6) is 0 Å². The van der Waals surface area contributed by atoms with E-state index in [0.29, 0.717) is 0 Å². The zero-order valence-corrected chi connectivity index (χ0v) is 7.34. The van der Waals surface area contributed by atoms with Gasteiger partial charge in [0.25, 0.3) is 8.00 Å². The first-order valence-electron chi connectivity index (χ1n) is 3.11. The van der Waals surface area contributed by atoms with Gasteiger partial charge in [-0.2, -0.15) is 0 Å². The first-order chi connectivity index (χ1) is 5.42. The molecule has 0 aromatic carbocycles. The van der Waals surface area contributed by atoms with Gasteiger partial charge in [-0.15, -0.1) is 0 Å². The molecule has 2 fully saturated rings. The molecular weight excluding hydrogens is 204 g/mol. The van der Waals surface area contributed by atoms with Crippen LogP contribution in [-0.4, -0.2) is 26.7 Å². The smallest absolute Gasteiger partial charge is 0.391 e. The maximum Gasteiger partial charge on any atom is 0.391 e. The van der Waals surface area contributed by atoms with Gasteiger partial charge in [0, 0.05) is 0 Å². The highest BCUT2D eigenvalue weighted by atomic mass is 31.2. The van der Waals surface area contributed by atoms with Crippen molar-refractivity contribution in [1.29, 1.82) is 0 Å². The number of carbonyl (C=O) groups is 1. The second-order valence-electron chi connectivity index (χ2n) is 3.01. The van der Waals surface area contributed by atoms with E-state index in [1.807, 2.05) is 0 Å². The third kappa shape index (κ3) is 0.314. The monoisotopic (exact) mass is 207 g/mol. The third-order valence-electron chi connectivity index (χ3n) is 2.64. The molecule has 4 atom stereocenters. The van der Waals surface area contributed by atoms with Gasteiger partial charge in [-0.1, -0.05) is 0 Å². The van der Waals surface area contributed by atoms with Crippen LogP contribution in [0.25, 0.3) is 0 Å². The first kappa shape index (κ1) is 7.18. The van der Waals surface area contributed by atoms with Crippen LogP contribution in [0, 0.1) is 0 Å². The molecule has 0 aromatic rings. The highest BCUT2D eigenvalue weighted by Gasteiger charge is 3.15. The molecule has 3 rings (SSSR count). The molecule has 0 radical (unpaired) electrons. The van der Waals surface area contributed by atoms with Crippen molar-refractivity contribution < 1.29 is 23.9 Å². The Bertz CT molecular complexity index is 429. The number of aliphatic hydroxyl groups is 1. The fourth-order valence-electron chi connectivity index (χ4n) is 1.78. The number of carbonyl (C=O) groups excluding carboxylic acids is 1. The minimum Gasteiger partial charge on any atom is -0.594 e. The van der Waals surface area contributed by atoms with E-state index in [1.165, 1.54) is 0 Å². The number of fused-ring (bicyclic) bond motifs is 2. The molecular formula is C4H3NO5P2. The van der Waals surface area contributed by atoms with E-state index in [-0.39, 0.29) is 5.03 Å². The molecule has 0 amide bonds. The molecule has 64 valence electrons. The summed E-state index contributed by atoms with van der Waals surface area (Å²) in [5, 5.41) is 5.87. The lowest BCUT2D eigenvalue weighted by atomic mass is 10.2. The van der Waals surface area contributed by atoms with Crippen molar-refractivity contribution in [3.63, 3.8) is 0 Å². The molecule has 12 heavy (non-hydrogen) atoms. The molecule has 0 aliphatic carbocycles. The maximum absolute atomic E-state index is 11.5. The van der Waals surface area contributed by atoms with Crippen LogP contribution in [-0.2, 0) is 13.9 Å². The van der Waals surface area contributed by atoms with Crippen molar-refractivity contribution in [3.05, 3.63) is 0 Å². The van der Waals surface area contributed by atoms with Crippen molar-refractivity contribution in [2.45, 2.75) is 10.6 Å². The topological polar surface area (TPSA) is 113 Å². The molecule has 3 aliphatic heterocycles. The van der Waals surface area contributed by atoms with Gasteiger partial charge in [0.15, 0.2) is 0 Å². The largest absolute Gasteiger partial charge is 0.594 e. The third-order valence-corrected chi connectivity index (χ3v) is 8.62. The average molecular weight is 207 g/mol. The fourth-order valence-corrected chi connectivity index (χ4v) is 8.19. The minimum atomic E-state index is -3.18. The van der Waals surface area contributed by atoms with Crippen molar-refractivity contribution in [3.8, 4) is 0 Å². The highest BCUT2D eigenvalue weighted by molar-refractivity contribution is 8.13. The van der Waals surface area contributed by atoms with Crippen LogP contribution in [0.2, 0.25) is 0 Å². The van der Waals surface area contributed by atoms with E-state index >= 15 is 0 Å². The van der Waals surface area contributed by atoms with E-state index in [9.17, 15) is 19.4 Å². The number of hydrogen-bond donors (Lipinski definition) is 2. The van der Waals surface area contributed by atoms with Crippen LogP contribution < -0.4 is 10.6 Å². The Morgan fingerprint density at radius 1 is 1.75 bits per heavy atom. The molecule has 2 saturated heterocycles. The Kier molecular flexibility index (Phi) is 0.794. The van der Waals surface area contributed by atoms with Crippen molar-refractivity contribution in [2.75, 3.05) is 0 Å². The molecule has 0 bridgehead atoms. The summed E-state index contributed by atoms with van der Waals surface area (Å²) in [7, 11) is -5.58. The molecule has 8 heteroatoms.